The van der Waals surface area contributed by atoms with Gasteiger partial charge < -0.3 is 14.6 Å². The Morgan fingerprint density at radius 2 is 1.97 bits per heavy atom. The number of aliphatic carboxylic acids is 1. The van der Waals surface area contributed by atoms with Crippen LogP contribution < -0.4 is 0 Å². The van der Waals surface area contributed by atoms with Crippen LogP contribution in [0, 0.1) is 17.0 Å². The van der Waals surface area contributed by atoms with E-state index >= 15 is 0 Å². The molecule has 0 bridgehead atoms. The number of aryl methyl sites for hydroxylation is 1. The maximum absolute atomic E-state index is 12.9. The predicted octanol–water partition coefficient (Wildman–Crippen LogP) is 3.76. The van der Waals surface area contributed by atoms with Crippen LogP contribution in [0.15, 0.2) is 35.7 Å². The van der Waals surface area contributed by atoms with E-state index in [1.165, 1.54) is 36.8 Å². The zero-order valence-electron chi connectivity index (χ0n) is 17.5. The Hall–Kier alpha value is -3.73. The highest BCUT2D eigenvalue weighted by Crippen LogP contribution is 2.35. The van der Waals surface area contributed by atoms with Crippen molar-refractivity contribution in [2.24, 2.45) is 0 Å². The van der Waals surface area contributed by atoms with Crippen LogP contribution in [0.1, 0.15) is 39.0 Å². The molecule has 0 aliphatic rings. The molecule has 1 aromatic heterocycles. The zero-order chi connectivity index (χ0) is 23.8. The SMILES string of the molecule is CCOC(=O)c1c(CSC=CC(=O)O)nc(C)c(C(=O)OC)c1-c1cccc([N+](=O)[O-])c1. The number of carboxylic acids is 1. The molecule has 2 aromatic rings. The molecule has 1 N–H and O–H groups in total. The van der Waals surface area contributed by atoms with Crippen molar-refractivity contribution in [3.63, 3.8) is 0 Å². The zero-order valence-corrected chi connectivity index (χ0v) is 18.3. The first-order valence-electron chi connectivity index (χ1n) is 9.26. The number of esters is 2. The Morgan fingerprint density at radius 3 is 2.56 bits per heavy atom. The van der Waals surface area contributed by atoms with Gasteiger partial charge in [0, 0.05) is 29.5 Å². The maximum atomic E-state index is 12.9. The molecule has 10 nitrogen and oxygen atoms in total. The summed E-state index contributed by atoms with van der Waals surface area (Å²) in [5.74, 6) is -2.59. The van der Waals surface area contributed by atoms with Gasteiger partial charge in [-0.2, -0.15) is 0 Å². The van der Waals surface area contributed by atoms with Crippen LogP contribution in [0.5, 0.6) is 0 Å². The number of carbonyl (C=O) groups is 3. The van der Waals surface area contributed by atoms with Gasteiger partial charge in [0.25, 0.3) is 5.69 Å². The summed E-state index contributed by atoms with van der Waals surface area (Å²) < 4.78 is 10.0. The quantitative estimate of drug-likeness (QED) is 0.254. The molecule has 168 valence electrons. The van der Waals surface area contributed by atoms with Crippen molar-refractivity contribution < 1.29 is 33.9 Å². The lowest BCUT2D eigenvalue weighted by atomic mass is 9.92. The number of aromatic nitrogens is 1. The number of carboxylic acid groups (broad SMARTS) is 1. The van der Waals surface area contributed by atoms with Gasteiger partial charge in [-0.25, -0.2) is 14.4 Å². The Kier molecular flexibility index (Phi) is 8.47. The highest BCUT2D eigenvalue weighted by molar-refractivity contribution is 8.01. The molecule has 0 amide bonds. The van der Waals surface area contributed by atoms with Gasteiger partial charge in [0.2, 0.25) is 0 Å². The van der Waals surface area contributed by atoms with E-state index in [0.29, 0.717) is 0 Å². The molecule has 0 atom stereocenters. The second-order valence-corrected chi connectivity index (χ2v) is 7.13. The average Bonchev–Trinajstić information content (AvgIpc) is 2.75. The fourth-order valence-corrected chi connectivity index (χ4v) is 3.62. The molecule has 1 heterocycles. The minimum Gasteiger partial charge on any atom is -0.478 e. The summed E-state index contributed by atoms with van der Waals surface area (Å²) >= 11 is 1.07. The molecular formula is C21H20N2O8S. The smallest absolute Gasteiger partial charge is 0.340 e. The number of non-ortho nitro benzene ring substituents is 1. The molecule has 0 radical (unpaired) electrons. The lowest BCUT2D eigenvalue weighted by Crippen LogP contribution is -2.18. The molecule has 2 rings (SSSR count). The maximum Gasteiger partial charge on any atom is 0.340 e. The van der Waals surface area contributed by atoms with Gasteiger partial charge in [-0.15, -0.1) is 11.8 Å². The number of carbonyl (C=O) groups excluding carboxylic acids is 2. The molecule has 0 saturated carbocycles. The number of pyridine rings is 1. The van der Waals surface area contributed by atoms with Gasteiger partial charge >= 0.3 is 17.9 Å². The predicted molar refractivity (Wildman–Crippen MR) is 116 cm³/mol. The fourth-order valence-electron chi connectivity index (χ4n) is 2.94. The van der Waals surface area contributed by atoms with E-state index in [4.69, 9.17) is 14.6 Å². The Labute approximate surface area is 187 Å². The summed E-state index contributed by atoms with van der Waals surface area (Å²) in [6, 6.07) is 5.49. The summed E-state index contributed by atoms with van der Waals surface area (Å²) in [6.07, 6.45) is 0.936. The van der Waals surface area contributed by atoms with Crippen LogP contribution >= 0.6 is 11.8 Å². The lowest BCUT2D eigenvalue weighted by Gasteiger charge is -2.18. The van der Waals surface area contributed by atoms with Crippen LogP contribution in [0.2, 0.25) is 0 Å². The van der Waals surface area contributed by atoms with Gasteiger partial charge in [0.05, 0.1) is 41.2 Å². The number of nitro benzene ring substituents is 1. The van der Waals surface area contributed by atoms with Crippen LogP contribution in [0.25, 0.3) is 11.1 Å². The third-order valence-corrected chi connectivity index (χ3v) is 4.96. The van der Waals surface area contributed by atoms with Gasteiger partial charge in [-0.1, -0.05) is 12.1 Å². The Balaban J connectivity index is 2.84. The summed E-state index contributed by atoms with van der Waals surface area (Å²) in [5, 5.41) is 21.4. The minimum atomic E-state index is -1.13. The minimum absolute atomic E-state index is 0.0223. The molecule has 0 spiro atoms. The second-order valence-electron chi connectivity index (χ2n) is 6.24. The van der Waals surface area contributed by atoms with Gasteiger partial charge in [0.15, 0.2) is 0 Å². The third kappa shape index (κ3) is 5.70. The normalized spacial score (nSPS) is 10.7. The second kappa shape index (κ2) is 11.0. The molecule has 32 heavy (non-hydrogen) atoms. The number of nitrogens with zero attached hydrogens (tertiary/aromatic N) is 2. The summed E-state index contributed by atoms with van der Waals surface area (Å²) in [6.45, 7) is 3.20. The van der Waals surface area contributed by atoms with Gasteiger partial charge in [0.1, 0.15) is 0 Å². The van der Waals surface area contributed by atoms with Crippen molar-refractivity contribution in [3.05, 3.63) is 68.4 Å². The van der Waals surface area contributed by atoms with Crippen LogP contribution in [-0.2, 0) is 20.0 Å². The van der Waals surface area contributed by atoms with Gasteiger partial charge in [-0.3, -0.25) is 15.1 Å². The molecule has 0 aliphatic carbocycles. The number of benzene rings is 1. The van der Waals surface area contributed by atoms with Crippen molar-refractivity contribution in [2.75, 3.05) is 13.7 Å². The van der Waals surface area contributed by atoms with Crippen molar-refractivity contribution in [1.82, 2.24) is 4.98 Å². The number of thioether (sulfide) groups is 1. The van der Waals surface area contributed by atoms with E-state index < -0.39 is 22.8 Å². The largest absolute Gasteiger partial charge is 0.478 e. The average molecular weight is 460 g/mol. The number of ether oxygens (including phenoxy) is 2. The Morgan fingerprint density at radius 1 is 1.25 bits per heavy atom. The third-order valence-electron chi connectivity index (χ3n) is 4.19. The first-order valence-corrected chi connectivity index (χ1v) is 10.3. The Bertz CT molecular complexity index is 1100. The van der Waals surface area contributed by atoms with Gasteiger partial charge in [-0.05, 0) is 24.8 Å². The molecule has 0 saturated heterocycles. The van der Waals surface area contributed by atoms with Crippen LogP contribution in [-0.4, -0.2) is 46.6 Å². The van der Waals surface area contributed by atoms with Crippen molar-refractivity contribution >= 4 is 35.4 Å². The number of hydrogen-bond donors (Lipinski definition) is 1. The molecule has 1 aromatic carbocycles. The van der Waals surface area contributed by atoms with Crippen molar-refractivity contribution in [3.8, 4) is 11.1 Å². The number of hydrogen-bond acceptors (Lipinski definition) is 9. The number of methoxy groups -OCH3 is 1. The lowest BCUT2D eigenvalue weighted by molar-refractivity contribution is -0.384. The molecule has 0 fully saturated rings. The van der Waals surface area contributed by atoms with Crippen molar-refractivity contribution in [1.29, 1.82) is 0 Å². The molecule has 0 aliphatic heterocycles. The van der Waals surface area contributed by atoms with E-state index in [2.05, 4.69) is 4.98 Å². The molecule has 0 unspecified atom stereocenters. The molecule has 11 heteroatoms. The monoisotopic (exact) mass is 460 g/mol. The topological polar surface area (TPSA) is 146 Å². The first-order chi connectivity index (χ1) is 15.2. The fraction of sp³-hybridized carbons (Fsp3) is 0.238. The van der Waals surface area contributed by atoms with Crippen LogP contribution in [0.3, 0.4) is 0 Å². The van der Waals surface area contributed by atoms with E-state index in [-0.39, 0.29) is 51.7 Å². The summed E-state index contributed by atoms with van der Waals surface area (Å²) in [7, 11) is 1.17. The number of rotatable bonds is 9. The summed E-state index contributed by atoms with van der Waals surface area (Å²) in [4.78, 5) is 51.3. The van der Waals surface area contributed by atoms with E-state index in [9.17, 15) is 24.5 Å². The molecular weight excluding hydrogens is 440 g/mol. The van der Waals surface area contributed by atoms with Crippen molar-refractivity contribution in [2.45, 2.75) is 19.6 Å². The van der Waals surface area contributed by atoms with E-state index in [0.717, 1.165) is 17.8 Å². The number of nitro groups is 1. The summed E-state index contributed by atoms with van der Waals surface area (Å²) in [5.41, 5.74) is 0.507. The van der Waals surface area contributed by atoms with E-state index in [1.54, 1.807) is 13.8 Å². The highest BCUT2D eigenvalue weighted by atomic mass is 32.2. The highest BCUT2D eigenvalue weighted by Gasteiger charge is 2.29. The van der Waals surface area contributed by atoms with E-state index in [1.807, 2.05) is 0 Å². The standard InChI is InChI=1S/C21H20N2O8S/c1-4-31-21(27)19-15(11-32-9-8-16(24)25)22-12(2)17(20(26)30-3)18(19)13-6-5-7-14(10-13)23(28)29/h5-10H,4,11H2,1-3H3,(H,24,25). The van der Waals surface area contributed by atoms with Crippen LogP contribution in [0.4, 0.5) is 5.69 Å². The first kappa shape index (κ1) is 24.5.